The number of nitrogens with one attached hydrogen (secondary N) is 2. The molecule has 1 aliphatic heterocycles. The van der Waals surface area contributed by atoms with Gasteiger partial charge in [0.05, 0.1) is 9.95 Å². The van der Waals surface area contributed by atoms with E-state index in [1.165, 1.54) is 6.07 Å². The van der Waals surface area contributed by atoms with E-state index in [1.807, 2.05) is 0 Å². The van der Waals surface area contributed by atoms with E-state index in [4.69, 9.17) is 11.6 Å². The number of nitro groups is 1. The Kier molecular flexibility index (Phi) is 3.73. The van der Waals surface area contributed by atoms with Crippen LogP contribution in [-0.2, 0) is 0 Å². The number of rotatable bonds is 3. The molecular formula is C12H16ClN3O2. The van der Waals surface area contributed by atoms with E-state index in [0.717, 1.165) is 25.9 Å². The van der Waals surface area contributed by atoms with Gasteiger partial charge >= 0.3 is 0 Å². The van der Waals surface area contributed by atoms with Gasteiger partial charge < -0.3 is 10.6 Å². The molecule has 0 unspecified atom stereocenters. The summed E-state index contributed by atoms with van der Waals surface area (Å²) in [4.78, 5) is 10.6. The zero-order valence-electron chi connectivity index (χ0n) is 10.2. The lowest BCUT2D eigenvalue weighted by Gasteiger charge is -2.36. The second-order valence-electron chi connectivity index (χ2n) is 4.83. The van der Waals surface area contributed by atoms with E-state index >= 15 is 0 Å². The molecule has 1 saturated heterocycles. The Labute approximate surface area is 111 Å². The summed E-state index contributed by atoms with van der Waals surface area (Å²) in [5.41, 5.74) is 0.303. The van der Waals surface area contributed by atoms with Gasteiger partial charge in [-0.1, -0.05) is 17.7 Å². The number of piperidine rings is 1. The number of nitrogens with zero attached hydrogens (tertiary/aromatic N) is 1. The predicted octanol–water partition coefficient (Wildman–Crippen LogP) is 2.80. The van der Waals surface area contributed by atoms with Crippen LogP contribution < -0.4 is 10.6 Å². The predicted molar refractivity (Wildman–Crippen MR) is 72.2 cm³/mol. The molecule has 18 heavy (non-hydrogen) atoms. The van der Waals surface area contributed by atoms with Gasteiger partial charge in [0.25, 0.3) is 5.69 Å². The van der Waals surface area contributed by atoms with Gasteiger partial charge in [-0.3, -0.25) is 10.1 Å². The molecule has 0 bridgehead atoms. The summed E-state index contributed by atoms with van der Waals surface area (Å²) < 4.78 is 0. The van der Waals surface area contributed by atoms with Crippen molar-refractivity contribution in [1.29, 1.82) is 0 Å². The fraction of sp³-hybridized carbons (Fsp3) is 0.500. The molecule has 0 aliphatic carbocycles. The number of nitro benzene ring substituents is 1. The molecule has 0 radical (unpaired) electrons. The fourth-order valence-electron chi connectivity index (χ4n) is 2.19. The van der Waals surface area contributed by atoms with Crippen LogP contribution in [0.15, 0.2) is 18.2 Å². The molecule has 0 saturated carbocycles. The molecule has 98 valence electrons. The average Bonchev–Trinajstić information content (AvgIpc) is 2.32. The van der Waals surface area contributed by atoms with Crippen LogP contribution in [0.2, 0.25) is 5.02 Å². The first kappa shape index (κ1) is 13.1. The van der Waals surface area contributed by atoms with E-state index in [2.05, 4.69) is 17.6 Å². The largest absolute Gasteiger partial charge is 0.373 e. The summed E-state index contributed by atoms with van der Waals surface area (Å²) in [6, 6.07) is 4.73. The minimum Gasteiger partial charge on any atom is -0.373 e. The molecule has 5 nitrogen and oxygen atoms in total. The van der Waals surface area contributed by atoms with Gasteiger partial charge in [0.15, 0.2) is 0 Å². The average molecular weight is 270 g/mol. The summed E-state index contributed by atoms with van der Waals surface area (Å²) >= 11 is 6.07. The number of para-hydroxylation sites is 1. The van der Waals surface area contributed by atoms with Crippen molar-refractivity contribution in [3.8, 4) is 0 Å². The maximum atomic E-state index is 11.0. The Bertz CT molecular complexity index is 459. The highest BCUT2D eigenvalue weighted by molar-refractivity contribution is 6.33. The molecule has 0 aromatic heterocycles. The first-order valence-corrected chi connectivity index (χ1v) is 6.31. The van der Waals surface area contributed by atoms with Gasteiger partial charge in [0.2, 0.25) is 0 Å². The molecule has 1 aromatic rings. The third-order valence-electron chi connectivity index (χ3n) is 3.32. The third-order valence-corrected chi connectivity index (χ3v) is 3.64. The quantitative estimate of drug-likeness (QED) is 0.654. The fourth-order valence-corrected chi connectivity index (χ4v) is 2.41. The van der Waals surface area contributed by atoms with Crippen molar-refractivity contribution in [2.24, 2.45) is 0 Å². The lowest BCUT2D eigenvalue weighted by atomic mass is 9.90. The van der Waals surface area contributed by atoms with Crippen LogP contribution in [0.3, 0.4) is 0 Å². The van der Waals surface area contributed by atoms with Crippen LogP contribution >= 0.6 is 11.6 Å². The molecule has 1 fully saturated rings. The molecule has 0 atom stereocenters. The lowest BCUT2D eigenvalue weighted by molar-refractivity contribution is -0.384. The lowest BCUT2D eigenvalue weighted by Crippen LogP contribution is -2.45. The van der Waals surface area contributed by atoms with Crippen LogP contribution in [0.25, 0.3) is 0 Å². The van der Waals surface area contributed by atoms with Gasteiger partial charge in [-0.15, -0.1) is 0 Å². The molecule has 0 spiro atoms. The second-order valence-corrected chi connectivity index (χ2v) is 5.23. The molecule has 2 N–H and O–H groups in total. The van der Waals surface area contributed by atoms with Crippen molar-refractivity contribution >= 4 is 23.0 Å². The molecule has 1 aromatic carbocycles. The summed E-state index contributed by atoms with van der Waals surface area (Å²) in [5.74, 6) is 0. The summed E-state index contributed by atoms with van der Waals surface area (Å²) in [6.45, 7) is 3.88. The smallest absolute Gasteiger partial charge is 0.293 e. The molecule has 6 heteroatoms. The number of hydrogen-bond acceptors (Lipinski definition) is 4. The van der Waals surface area contributed by atoms with E-state index in [1.54, 1.807) is 12.1 Å². The third kappa shape index (κ3) is 2.73. The van der Waals surface area contributed by atoms with Crippen molar-refractivity contribution in [1.82, 2.24) is 5.32 Å². The summed E-state index contributed by atoms with van der Waals surface area (Å²) in [5, 5.41) is 17.9. The first-order valence-electron chi connectivity index (χ1n) is 5.94. The Morgan fingerprint density at radius 2 is 2.11 bits per heavy atom. The Balaban J connectivity index is 2.30. The normalized spacial score (nSPS) is 18.3. The van der Waals surface area contributed by atoms with Gasteiger partial charge in [-0.2, -0.15) is 0 Å². The minimum absolute atomic E-state index is 0.0299. The van der Waals surface area contributed by atoms with E-state index in [-0.39, 0.29) is 11.2 Å². The number of anilines is 1. The van der Waals surface area contributed by atoms with E-state index in [0.29, 0.717) is 10.7 Å². The number of hydrogen-bond donors (Lipinski definition) is 2. The molecule has 0 amide bonds. The zero-order valence-corrected chi connectivity index (χ0v) is 11.0. The van der Waals surface area contributed by atoms with Crippen LogP contribution in [0.5, 0.6) is 0 Å². The molecule has 1 heterocycles. The van der Waals surface area contributed by atoms with Crippen LogP contribution in [-0.4, -0.2) is 23.6 Å². The minimum atomic E-state index is -0.404. The maximum Gasteiger partial charge on any atom is 0.293 e. The van der Waals surface area contributed by atoms with E-state index in [9.17, 15) is 10.1 Å². The van der Waals surface area contributed by atoms with Crippen molar-refractivity contribution < 1.29 is 4.92 Å². The SMILES string of the molecule is CC1(Nc2c(Cl)cccc2[N+](=O)[O-])CCNCC1. The van der Waals surface area contributed by atoms with Crippen molar-refractivity contribution in [3.05, 3.63) is 33.3 Å². The van der Waals surface area contributed by atoms with Crippen molar-refractivity contribution in [3.63, 3.8) is 0 Å². The van der Waals surface area contributed by atoms with Crippen LogP contribution in [0, 0.1) is 10.1 Å². The Morgan fingerprint density at radius 3 is 2.72 bits per heavy atom. The molecule has 1 aliphatic rings. The Hall–Kier alpha value is -1.33. The first-order chi connectivity index (χ1) is 8.52. The maximum absolute atomic E-state index is 11.0. The van der Waals surface area contributed by atoms with E-state index < -0.39 is 4.92 Å². The van der Waals surface area contributed by atoms with Gasteiger partial charge in [-0.05, 0) is 38.9 Å². The second kappa shape index (κ2) is 5.12. The standard InChI is InChI=1S/C12H16ClN3O2/c1-12(5-7-14-8-6-12)15-11-9(13)3-2-4-10(11)16(17)18/h2-4,14-15H,5-8H2,1H3. The highest BCUT2D eigenvalue weighted by Crippen LogP contribution is 2.35. The number of benzene rings is 1. The van der Waals surface area contributed by atoms with Gasteiger partial charge in [0, 0.05) is 11.6 Å². The number of halogens is 1. The summed E-state index contributed by atoms with van der Waals surface area (Å²) in [6.07, 6.45) is 1.82. The van der Waals surface area contributed by atoms with Crippen LogP contribution in [0.4, 0.5) is 11.4 Å². The van der Waals surface area contributed by atoms with Gasteiger partial charge in [-0.25, -0.2) is 0 Å². The topological polar surface area (TPSA) is 67.2 Å². The zero-order chi connectivity index (χ0) is 13.2. The highest BCUT2D eigenvalue weighted by Gasteiger charge is 2.29. The van der Waals surface area contributed by atoms with Crippen molar-refractivity contribution in [2.75, 3.05) is 18.4 Å². The Morgan fingerprint density at radius 1 is 1.44 bits per heavy atom. The van der Waals surface area contributed by atoms with Crippen molar-refractivity contribution in [2.45, 2.75) is 25.3 Å². The monoisotopic (exact) mass is 269 g/mol. The summed E-state index contributed by atoms with van der Waals surface area (Å²) in [7, 11) is 0. The highest BCUT2D eigenvalue weighted by atomic mass is 35.5. The molecule has 2 rings (SSSR count). The molecular weight excluding hydrogens is 254 g/mol. The van der Waals surface area contributed by atoms with Gasteiger partial charge in [0.1, 0.15) is 5.69 Å². The van der Waals surface area contributed by atoms with Crippen LogP contribution in [0.1, 0.15) is 19.8 Å².